The number of aryl methyl sites for hydroxylation is 1. The van der Waals surface area contributed by atoms with Gasteiger partial charge in [0.05, 0.1) is 17.2 Å². The highest BCUT2D eigenvalue weighted by Gasteiger charge is 2.17. The first kappa shape index (κ1) is 16.9. The number of nitrogens with one attached hydrogen (secondary N) is 2. The third-order valence-corrected chi connectivity index (χ3v) is 5.52. The molecule has 3 heterocycles. The van der Waals surface area contributed by atoms with Gasteiger partial charge in [-0.05, 0) is 49.9 Å². The first-order chi connectivity index (χ1) is 13.7. The van der Waals surface area contributed by atoms with E-state index in [2.05, 4.69) is 56.4 Å². The third-order valence-electron chi connectivity index (χ3n) is 5.52. The first-order valence-electron chi connectivity index (χ1n) is 9.57. The molecule has 0 atom stereocenters. The molecule has 2 aromatic carbocycles. The van der Waals surface area contributed by atoms with Crippen molar-refractivity contribution in [1.29, 1.82) is 0 Å². The summed E-state index contributed by atoms with van der Waals surface area (Å²) in [6.07, 6.45) is 3.70. The van der Waals surface area contributed by atoms with Gasteiger partial charge in [-0.15, -0.1) is 0 Å². The van der Waals surface area contributed by atoms with Crippen LogP contribution in [0.4, 0.5) is 17.3 Å². The van der Waals surface area contributed by atoms with E-state index in [4.69, 9.17) is 4.98 Å². The largest absolute Gasteiger partial charge is 0.369 e. The lowest BCUT2D eigenvalue weighted by atomic mass is 10.1. The lowest BCUT2D eigenvalue weighted by molar-refractivity contribution is 0.313. The summed E-state index contributed by atoms with van der Waals surface area (Å²) in [7, 11) is 2.18. The van der Waals surface area contributed by atoms with Crippen LogP contribution in [0.2, 0.25) is 0 Å². The molecule has 28 heavy (non-hydrogen) atoms. The highest BCUT2D eigenvalue weighted by atomic mass is 15.2. The summed E-state index contributed by atoms with van der Waals surface area (Å²) >= 11 is 0. The quantitative estimate of drug-likeness (QED) is 0.574. The van der Waals surface area contributed by atoms with Crippen LogP contribution < -0.4 is 10.2 Å². The molecule has 7 nitrogen and oxygen atoms in total. The van der Waals surface area contributed by atoms with Gasteiger partial charge in [0.25, 0.3) is 0 Å². The SMILES string of the molecule is Cc1c(N2CCN(C)CC2)ccc2cnc(Nc3ccc4cn[nH]c4c3)nc12. The number of rotatable bonds is 3. The molecule has 4 aromatic rings. The molecule has 0 aliphatic carbocycles. The van der Waals surface area contributed by atoms with Crippen LogP contribution in [0.15, 0.2) is 42.7 Å². The van der Waals surface area contributed by atoms with Crippen LogP contribution in [0.1, 0.15) is 5.56 Å². The van der Waals surface area contributed by atoms with E-state index >= 15 is 0 Å². The Morgan fingerprint density at radius 3 is 2.68 bits per heavy atom. The van der Waals surface area contributed by atoms with Gasteiger partial charge in [-0.2, -0.15) is 5.10 Å². The number of piperazine rings is 1. The minimum atomic E-state index is 0.602. The maximum Gasteiger partial charge on any atom is 0.227 e. The summed E-state index contributed by atoms with van der Waals surface area (Å²) in [6.45, 7) is 6.42. The topological polar surface area (TPSA) is 73.0 Å². The zero-order chi connectivity index (χ0) is 19.1. The van der Waals surface area contributed by atoms with Crippen LogP contribution in [-0.2, 0) is 0 Å². The summed E-state index contributed by atoms with van der Waals surface area (Å²) in [6, 6.07) is 10.4. The van der Waals surface area contributed by atoms with E-state index in [0.29, 0.717) is 5.95 Å². The minimum absolute atomic E-state index is 0.602. The van der Waals surface area contributed by atoms with Gasteiger partial charge in [-0.3, -0.25) is 5.10 Å². The third kappa shape index (κ3) is 3.03. The molecule has 0 radical (unpaired) electrons. The Morgan fingerprint density at radius 2 is 1.82 bits per heavy atom. The molecule has 5 rings (SSSR count). The van der Waals surface area contributed by atoms with Crippen molar-refractivity contribution in [2.75, 3.05) is 43.4 Å². The van der Waals surface area contributed by atoms with Gasteiger partial charge < -0.3 is 15.1 Å². The van der Waals surface area contributed by atoms with E-state index in [-0.39, 0.29) is 0 Å². The van der Waals surface area contributed by atoms with Crippen LogP contribution in [0, 0.1) is 6.92 Å². The van der Waals surface area contributed by atoms with Crippen molar-refractivity contribution in [3.05, 3.63) is 48.3 Å². The van der Waals surface area contributed by atoms with Gasteiger partial charge in [-0.1, -0.05) is 0 Å². The fourth-order valence-electron chi connectivity index (χ4n) is 3.82. The molecule has 0 saturated carbocycles. The number of aromatic amines is 1. The van der Waals surface area contributed by atoms with Crippen molar-refractivity contribution in [2.45, 2.75) is 6.92 Å². The molecule has 1 aliphatic heterocycles. The van der Waals surface area contributed by atoms with Crippen LogP contribution in [0.5, 0.6) is 0 Å². The van der Waals surface area contributed by atoms with Gasteiger partial charge in [0.1, 0.15) is 0 Å². The molecule has 0 unspecified atom stereocenters. The lowest BCUT2D eigenvalue weighted by Gasteiger charge is -2.35. The average Bonchev–Trinajstić information content (AvgIpc) is 3.17. The summed E-state index contributed by atoms with van der Waals surface area (Å²) in [4.78, 5) is 14.1. The summed E-state index contributed by atoms with van der Waals surface area (Å²) in [5.41, 5.74) is 5.39. The van der Waals surface area contributed by atoms with Crippen LogP contribution >= 0.6 is 0 Å². The number of H-pyrrole nitrogens is 1. The molecule has 2 N–H and O–H groups in total. The smallest absolute Gasteiger partial charge is 0.227 e. The van der Waals surface area contributed by atoms with Crippen molar-refractivity contribution < 1.29 is 0 Å². The Morgan fingerprint density at radius 1 is 1.00 bits per heavy atom. The first-order valence-corrected chi connectivity index (χ1v) is 9.57. The molecular formula is C21H23N7. The Bertz CT molecular complexity index is 1140. The van der Waals surface area contributed by atoms with E-state index < -0.39 is 0 Å². The summed E-state index contributed by atoms with van der Waals surface area (Å²) in [5.74, 6) is 0.602. The summed E-state index contributed by atoms with van der Waals surface area (Å²) in [5, 5.41) is 12.5. The number of likely N-dealkylation sites (N-methyl/N-ethyl adjacent to an activating group) is 1. The summed E-state index contributed by atoms with van der Waals surface area (Å²) < 4.78 is 0. The van der Waals surface area contributed by atoms with Crippen LogP contribution in [-0.4, -0.2) is 58.3 Å². The molecule has 0 bridgehead atoms. The minimum Gasteiger partial charge on any atom is -0.369 e. The van der Waals surface area contributed by atoms with Crippen LogP contribution in [0.3, 0.4) is 0 Å². The fraction of sp³-hybridized carbons (Fsp3) is 0.286. The number of hydrogen-bond acceptors (Lipinski definition) is 6. The Kier molecular flexibility index (Phi) is 4.09. The van der Waals surface area contributed by atoms with Crippen LogP contribution in [0.25, 0.3) is 21.8 Å². The number of anilines is 3. The molecule has 0 amide bonds. The fourth-order valence-corrected chi connectivity index (χ4v) is 3.82. The number of hydrogen-bond donors (Lipinski definition) is 2. The molecular weight excluding hydrogens is 350 g/mol. The van der Waals surface area contributed by atoms with Crippen molar-refractivity contribution in [3.63, 3.8) is 0 Å². The maximum absolute atomic E-state index is 4.82. The highest BCUT2D eigenvalue weighted by molar-refractivity contribution is 5.87. The Hall–Kier alpha value is -3.19. The van der Waals surface area contributed by atoms with Gasteiger partial charge in [0.15, 0.2) is 0 Å². The second-order valence-corrected chi connectivity index (χ2v) is 7.43. The predicted molar refractivity (Wildman–Crippen MR) is 113 cm³/mol. The molecule has 1 fully saturated rings. The maximum atomic E-state index is 4.82. The van der Waals surface area contributed by atoms with Gasteiger partial charge >= 0.3 is 0 Å². The average molecular weight is 373 g/mol. The molecule has 7 heteroatoms. The van der Waals surface area contributed by atoms with E-state index in [0.717, 1.165) is 53.7 Å². The molecule has 1 aliphatic rings. The number of nitrogens with zero attached hydrogens (tertiary/aromatic N) is 5. The van der Waals surface area contributed by atoms with Gasteiger partial charge in [0.2, 0.25) is 5.95 Å². The van der Waals surface area contributed by atoms with E-state index in [1.807, 2.05) is 30.6 Å². The molecule has 2 aromatic heterocycles. The van der Waals surface area contributed by atoms with Gasteiger partial charge in [0, 0.05) is 54.5 Å². The lowest BCUT2D eigenvalue weighted by Crippen LogP contribution is -2.44. The molecule has 142 valence electrons. The Labute approximate surface area is 163 Å². The van der Waals surface area contributed by atoms with Crippen molar-refractivity contribution >= 4 is 39.1 Å². The monoisotopic (exact) mass is 373 g/mol. The van der Waals surface area contributed by atoms with Crippen molar-refractivity contribution in [3.8, 4) is 0 Å². The number of fused-ring (bicyclic) bond motifs is 2. The van der Waals surface area contributed by atoms with E-state index in [9.17, 15) is 0 Å². The second-order valence-electron chi connectivity index (χ2n) is 7.43. The second kappa shape index (κ2) is 6.76. The van der Waals surface area contributed by atoms with E-state index in [1.54, 1.807) is 0 Å². The molecule has 0 spiro atoms. The predicted octanol–water partition coefficient (Wildman–Crippen LogP) is 3.31. The van der Waals surface area contributed by atoms with Crippen molar-refractivity contribution in [1.82, 2.24) is 25.1 Å². The van der Waals surface area contributed by atoms with E-state index in [1.165, 1.54) is 11.3 Å². The highest BCUT2D eigenvalue weighted by Crippen LogP contribution is 2.29. The molecule has 1 saturated heterocycles. The zero-order valence-electron chi connectivity index (χ0n) is 16.1. The Balaban J connectivity index is 1.47. The van der Waals surface area contributed by atoms with Crippen molar-refractivity contribution in [2.24, 2.45) is 0 Å². The standard InChI is InChI=1S/C21H23N7/c1-14-19(28-9-7-27(2)8-10-28)6-4-16-12-22-21(25-20(14)16)24-17-5-3-15-13-23-26-18(15)11-17/h3-6,11-13H,7-10H2,1-2H3,(H,23,26)(H,22,24,25). The zero-order valence-corrected chi connectivity index (χ0v) is 16.1. The normalized spacial score (nSPS) is 15.4. The number of benzene rings is 2. The van der Waals surface area contributed by atoms with Gasteiger partial charge in [-0.25, -0.2) is 9.97 Å². The number of aromatic nitrogens is 4.